The SMILES string of the molecule is CN1CCN(c2ncccc2[C@@H]2CCCN2C)CC1. The Morgan fingerprint density at radius 2 is 1.89 bits per heavy atom. The molecule has 0 unspecified atom stereocenters. The first-order valence-corrected chi connectivity index (χ1v) is 7.34. The monoisotopic (exact) mass is 260 g/mol. The molecular weight excluding hydrogens is 236 g/mol. The molecule has 4 heteroatoms. The Morgan fingerprint density at radius 3 is 2.58 bits per heavy atom. The van der Waals surface area contributed by atoms with Crippen LogP contribution < -0.4 is 4.90 Å². The number of aromatic nitrogens is 1. The van der Waals surface area contributed by atoms with Gasteiger partial charge in [0.05, 0.1) is 0 Å². The average Bonchev–Trinajstić information content (AvgIpc) is 2.86. The summed E-state index contributed by atoms with van der Waals surface area (Å²) in [6.07, 6.45) is 4.51. The van der Waals surface area contributed by atoms with Crippen molar-refractivity contribution in [2.45, 2.75) is 18.9 Å². The van der Waals surface area contributed by atoms with Crippen LogP contribution in [-0.2, 0) is 0 Å². The average molecular weight is 260 g/mol. The highest BCUT2D eigenvalue weighted by Crippen LogP contribution is 2.35. The van der Waals surface area contributed by atoms with Gasteiger partial charge in [0.25, 0.3) is 0 Å². The van der Waals surface area contributed by atoms with Crippen molar-refractivity contribution in [2.24, 2.45) is 0 Å². The minimum atomic E-state index is 0.559. The van der Waals surface area contributed by atoms with Gasteiger partial charge in [-0.1, -0.05) is 6.07 Å². The Balaban J connectivity index is 1.85. The summed E-state index contributed by atoms with van der Waals surface area (Å²) in [6.45, 7) is 5.67. The number of anilines is 1. The summed E-state index contributed by atoms with van der Waals surface area (Å²) < 4.78 is 0. The molecule has 104 valence electrons. The summed E-state index contributed by atoms with van der Waals surface area (Å²) in [4.78, 5) is 12.0. The summed E-state index contributed by atoms with van der Waals surface area (Å²) in [5.41, 5.74) is 1.42. The highest BCUT2D eigenvalue weighted by molar-refractivity contribution is 5.49. The van der Waals surface area contributed by atoms with Gasteiger partial charge in [-0.3, -0.25) is 4.90 Å². The topological polar surface area (TPSA) is 22.6 Å². The molecule has 0 amide bonds. The highest BCUT2D eigenvalue weighted by Gasteiger charge is 2.27. The van der Waals surface area contributed by atoms with Crippen LogP contribution in [0.1, 0.15) is 24.4 Å². The van der Waals surface area contributed by atoms with E-state index in [1.165, 1.54) is 30.8 Å². The third-order valence-electron chi connectivity index (χ3n) is 4.50. The quantitative estimate of drug-likeness (QED) is 0.805. The fourth-order valence-electron chi connectivity index (χ4n) is 3.26. The smallest absolute Gasteiger partial charge is 0.133 e. The number of hydrogen-bond donors (Lipinski definition) is 0. The maximum absolute atomic E-state index is 4.69. The molecule has 4 nitrogen and oxygen atoms in total. The van der Waals surface area contributed by atoms with Gasteiger partial charge in [-0.15, -0.1) is 0 Å². The number of piperazine rings is 1. The number of rotatable bonds is 2. The zero-order valence-electron chi connectivity index (χ0n) is 12.0. The molecule has 3 heterocycles. The second-order valence-corrected chi connectivity index (χ2v) is 5.85. The molecule has 0 radical (unpaired) electrons. The molecule has 1 atom stereocenters. The third kappa shape index (κ3) is 2.60. The molecule has 0 N–H and O–H groups in total. The first-order chi connectivity index (χ1) is 9.25. The summed E-state index contributed by atoms with van der Waals surface area (Å²) in [6, 6.07) is 4.91. The van der Waals surface area contributed by atoms with E-state index in [-0.39, 0.29) is 0 Å². The molecular formula is C15H24N4. The van der Waals surface area contributed by atoms with Crippen molar-refractivity contribution in [1.82, 2.24) is 14.8 Å². The van der Waals surface area contributed by atoms with Crippen molar-refractivity contribution < 1.29 is 0 Å². The fourth-order valence-corrected chi connectivity index (χ4v) is 3.26. The lowest BCUT2D eigenvalue weighted by atomic mass is 10.0. The minimum Gasteiger partial charge on any atom is -0.354 e. The Bertz CT molecular complexity index is 426. The largest absolute Gasteiger partial charge is 0.354 e. The molecule has 0 aliphatic carbocycles. The van der Waals surface area contributed by atoms with E-state index in [0.717, 1.165) is 26.2 Å². The van der Waals surface area contributed by atoms with Crippen molar-refractivity contribution in [1.29, 1.82) is 0 Å². The van der Waals surface area contributed by atoms with Gasteiger partial charge in [-0.05, 0) is 39.5 Å². The maximum atomic E-state index is 4.69. The van der Waals surface area contributed by atoms with Gasteiger partial charge in [0.2, 0.25) is 0 Å². The van der Waals surface area contributed by atoms with E-state index in [1.807, 2.05) is 6.20 Å². The van der Waals surface area contributed by atoms with Gasteiger partial charge in [-0.2, -0.15) is 0 Å². The second-order valence-electron chi connectivity index (χ2n) is 5.85. The molecule has 0 saturated carbocycles. The standard InChI is InChI=1S/C15H24N4/c1-17-9-11-19(12-10-17)15-13(5-3-7-16-15)14-6-4-8-18(14)2/h3,5,7,14H,4,6,8-12H2,1-2H3/t14-/m0/s1. The van der Waals surface area contributed by atoms with Gasteiger partial charge < -0.3 is 9.80 Å². The van der Waals surface area contributed by atoms with Gasteiger partial charge in [-0.25, -0.2) is 4.98 Å². The van der Waals surface area contributed by atoms with Crippen LogP contribution in [0, 0.1) is 0 Å². The maximum Gasteiger partial charge on any atom is 0.133 e. The molecule has 0 bridgehead atoms. The number of pyridine rings is 1. The minimum absolute atomic E-state index is 0.559. The van der Waals surface area contributed by atoms with Crippen LogP contribution in [0.2, 0.25) is 0 Å². The molecule has 0 aromatic carbocycles. The van der Waals surface area contributed by atoms with E-state index in [4.69, 9.17) is 0 Å². The zero-order chi connectivity index (χ0) is 13.2. The molecule has 1 aromatic rings. The fraction of sp³-hybridized carbons (Fsp3) is 0.667. The van der Waals surface area contributed by atoms with E-state index in [0.29, 0.717) is 6.04 Å². The van der Waals surface area contributed by atoms with Gasteiger partial charge in [0.15, 0.2) is 0 Å². The Labute approximate surface area is 116 Å². The van der Waals surface area contributed by atoms with Crippen molar-refractivity contribution in [3.63, 3.8) is 0 Å². The predicted molar refractivity (Wildman–Crippen MR) is 78.6 cm³/mol. The van der Waals surface area contributed by atoms with Crippen LogP contribution in [0.5, 0.6) is 0 Å². The second kappa shape index (κ2) is 5.47. The van der Waals surface area contributed by atoms with Crippen molar-refractivity contribution in [3.05, 3.63) is 23.9 Å². The van der Waals surface area contributed by atoms with Crippen LogP contribution in [0.4, 0.5) is 5.82 Å². The van der Waals surface area contributed by atoms with Crippen LogP contribution in [0.25, 0.3) is 0 Å². The summed E-state index contributed by atoms with van der Waals surface area (Å²) in [5, 5.41) is 0. The van der Waals surface area contributed by atoms with Crippen LogP contribution in [0.15, 0.2) is 18.3 Å². The molecule has 1 aromatic heterocycles. The van der Waals surface area contributed by atoms with E-state index < -0.39 is 0 Å². The Morgan fingerprint density at radius 1 is 1.11 bits per heavy atom. The van der Waals surface area contributed by atoms with Crippen molar-refractivity contribution in [2.75, 3.05) is 51.7 Å². The van der Waals surface area contributed by atoms with Gasteiger partial charge in [0, 0.05) is 44.0 Å². The Hall–Kier alpha value is -1.13. The Kier molecular flexibility index (Phi) is 3.71. The van der Waals surface area contributed by atoms with Gasteiger partial charge >= 0.3 is 0 Å². The van der Waals surface area contributed by atoms with Crippen molar-refractivity contribution >= 4 is 5.82 Å². The molecule has 2 aliphatic rings. The van der Waals surface area contributed by atoms with Crippen LogP contribution in [-0.4, -0.2) is 61.6 Å². The lowest BCUT2D eigenvalue weighted by molar-refractivity contribution is 0.305. The first-order valence-electron chi connectivity index (χ1n) is 7.34. The molecule has 2 aliphatic heterocycles. The van der Waals surface area contributed by atoms with Crippen LogP contribution in [0.3, 0.4) is 0 Å². The normalized spacial score (nSPS) is 26.0. The lowest BCUT2D eigenvalue weighted by Crippen LogP contribution is -2.45. The number of likely N-dealkylation sites (N-methyl/N-ethyl adjacent to an activating group) is 1. The van der Waals surface area contributed by atoms with Crippen molar-refractivity contribution in [3.8, 4) is 0 Å². The molecule has 3 rings (SSSR count). The molecule has 2 fully saturated rings. The molecule has 0 spiro atoms. The third-order valence-corrected chi connectivity index (χ3v) is 4.50. The zero-order valence-corrected chi connectivity index (χ0v) is 12.0. The number of nitrogens with zero attached hydrogens (tertiary/aromatic N) is 4. The highest BCUT2D eigenvalue weighted by atomic mass is 15.3. The first kappa shape index (κ1) is 12.9. The molecule has 19 heavy (non-hydrogen) atoms. The van der Waals surface area contributed by atoms with Crippen LogP contribution >= 0.6 is 0 Å². The number of likely N-dealkylation sites (tertiary alicyclic amines) is 1. The summed E-state index contributed by atoms with van der Waals surface area (Å²) in [5.74, 6) is 1.22. The molecule has 2 saturated heterocycles. The number of hydrogen-bond acceptors (Lipinski definition) is 4. The van der Waals surface area contributed by atoms with Gasteiger partial charge in [0.1, 0.15) is 5.82 Å². The van der Waals surface area contributed by atoms with E-state index in [1.54, 1.807) is 0 Å². The predicted octanol–water partition coefficient (Wildman–Crippen LogP) is 1.60. The summed E-state index contributed by atoms with van der Waals surface area (Å²) in [7, 11) is 4.43. The van der Waals surface area contributed by atoms with E-state index in [9.17, 15) is 0 Å². The van der Waals surface area contributed by atoms with E-state index >= 15 is 0 Å². The van der Waals surface area contributed by atoms with E-state index in [2.05, 4.69) is 45.9 Å². The lowest BCUT2D eigenvalue weighted by Gasteiger charge is -2.35. The summed E-state index contributed by atoms with van der Waals surface area (Å²) >= 11 is 0.